The lowest BCUT2D eigenvalue weighted by Gasteiger charge is -2.09. The summed E-state index contributed by atoms with van der Waals surface area (Å²) in [5.41, 5.74) is 1.18. The minimum atomic E-state index is -4.38. The van der Waals surface area contributed by atoms with Crippen LogP contribution in [0, 0.1) is 0 Å². The van der Waals surface area contributed by atoms with Crippen molar-refractivity contribution >= 4 is 16.7 Å². The number of benzene rings is 2. The van der Waals surface area contributed by atoms with E-state index in [0.717, 1.165) is 24.1 Å². The molecule has 1 unspecified atom stereocenters. The van der Waals surface area contributed by atoms with Crippen LogP contribution in [0.4, 0.5) is 13.2 Å². The molecule has 1 atom stereocenters. The van der Waals surface area contributed by atoms with Crippen molar-refractivity contribution in [2.75, 3.05) is 12.3 Å². The molecule has 3 nitrogen and oxygen atoms in total. The summed E-state index contributed by atoms with van der Waals surface area (Å²) >= 11 is 0. The van der Waals surface area contributed by atoms with Crippen molar-refractivity contribution in [3.05, 3.63) is 59.7 Å². The Hall–Kier alpha value is -2.15. The molecule has 0 aliphatic rings. The molecule has 2 rings (SSSR count). The SMILES string of the molecule is CCC.CCCNC(=O)CS(=O)Cc1ccc(-c2cccc(C(F)(F)F)c2)cc1. The monoisotopic (exact) mass is 427 g/mol. The van der Waals surface area contributed by atoms with E-state index in [0.29, 0.717) is 17.7 Å². The molecular formula is C22H28F3NO2S. The van der Waals surface area contributed by atoms with Gasteiger partial charge in [-0.05, 0) is 35.2 Å². The predicted molar refractivity (Wildman–Crippen MR) is 113 cm³/mol. The van der Waals surface area contributed by atoms with Crippen LogP contribution in [0.1, 0.15) is 44.7 Å². The van der Waals surface area contributed by atoms with Gasteiger partial charge in [-0.2, -0.15) is 13.2 Å². The highest BCUT2D eigenvalue weighted by molar-refractivity contribution is 7.84. The lowest BCUT2D eigenvalue weighted by atomic mass is 10.0. The number of alkyl halides is 3. The van der Waals surface area contributed by atoms with Crippen LogP contribution in [0.3, 0.4) is 0 Å². The molecule has 0 aliphatic carbocycles. The van der Waals surface area contributed by atoms with Crippen LogP contribution in [0.25, 0.3) is 11.1 Å². The van der Waals surface area contributed by atoms with E-state index in [9.17, 15) is 22.2 Å². The number of halogens is 3. The van der Waals surface area contributed by atoms with Gasteiger partial charge in [-0.25, -0.2) is 0 Å². The highest BCUT2D eigenvalue weighted by Crippen LogP contribution is 2.32. The average Bonchev–Trinajstić information content (AvgIpc) is 2.67. The van der Waals surface area contributed by atoms with E-state index in [1.165, 1.54) is 12.5 Å². The molecule has 160 valence electrons. The van der Waals surface area contributed by atoms with Crippen LogP contribution in [-0.4, -0.2) is 22.4 Å². The normalized spacial score (nSPS) is 11.9. The first kappa shape index (κ1) is 24.9. The fourth-order valence-corrected chi connectivity index (χ4v) is 3.43. The van der Waals surface area contributed by atoms with Crippen LogP contribution >= 0.6 is 0 Å². The zero-order valence-electron chi connectivity index (χ0n) is 17.0. The minimum Gasteiger partial charge on any atom is -0.355 e. The first-order valence-corrected chi connectivity index (χ1v) is 11.1. The van der Waals surface area contributed by atoms with Gasteiger partial charge in [0, 0.05) is 23.1 Å². The second-order valence-corrected chi connectivity index (χ2v) is 8.02. The van der Waals surface area contributed by atoms with Gasteiger partial charge in [0.05, 0.1) is 5.56 Å². The summed E-state index contributed by atoms with van der Waals surface area (Å²) in [6.07, 6.45) is -2.32. The first-order chi connectivity index (χ1) is 13.7. The van der Waals surface area contributed by atoms with Crippen molar-refractivity contribution in [2.45, 2.75) is 45.5 Å². The molecule has 0 heterocycles. The molecule has 29 heavy (non-hydrogen) atoms. The summed E-state index contributed by atoms with van der Waals surface area (Å²) in [5, 5.41) is 2.67. The maximum absolute atomic E-state index is 12.8. The van der Waals surface area contributed by atoms with Crippen LogP contribution < -0.4 is 5.32 Å². The van der Waals surface area contributed by atoms with Crippen LogP contribution in [0.2, 0.25) is 0 Å². The van der Waals surface area contributed by atoms with Crippen molar-refractivity contribution in [3.8, 4) is 11.1 Å². The number of nitrogens with one attached hydrogen (secondary N) is 1. The number of carbonyl (C=O) groups excluding carboxylic acids is 1. The Kier molecular flexibility index (Phi) is 10.7. The zero-order valence-corrected chi connectivity index (χ0v) is 17.8. The van der Waals surface area contributed by atoms with Gasteiger partial charge in [0.25, 0.3) is 0 Å². The molecule has 0 bridgehead atoms. The van der Waals surface area contributed by atoms with Gasteiger partial charge in [-0.3, -0.25) is 9.00 Å². The van der Waals surface area contributed by atoms with Crippen molar-refractivity contribution in [1.29, 1.82) is 0 Å². The van der Waals surface area contributed by atoms with E-state index >= 15 is 0 Å². The van der Waals surface area contributed by atoms with Gasteiger partial charge in [0.15, 0.2) is 0 Å². The zero-order chi connectivity index (χ0) is 21.9. The number of rotatable bonds is 7. The molecule has 1 amide bonds. The fraction of sp³-hybridized carbons (Fsp3) is 0.409. The van der Waals surface area contributed by atoms with E-state index < -0.39 is 22.5 Å². The minimum absolute atomic E-state index is 0.0601. The van der Waals surface area contributed by atoms with Crippen molar-refractivity contribution in [1.82, 2.24) is 5.32 Å². The average molecular weight is 428 g/mol. The molecule has 0 spiro atoms. The molecule has 0 saturated heterocycles. The molecule has 2 aromatic carbocycles. The Bertz CT molecular complexity index is 789. The molecule has 0 radical (unpaired) electrons. The van der Waals surface area contributed by atoms with Crippen LogP contribution in [0.15, 0.2) is 48.5 Å². The van der Waals surface area contributed by atoms with Crippen LogP contribution in [0.5, 0.6) is 0 Å². The van der Waals surface area contributed by atoms with Crippen molar-refractivity contribution in [2.24, 2.45) is 0 Å². The lowest BCUT2D eigenvalue weighted by molar-refractivity contribution is -0.137. The largest absolute Gasteiger partial charge is 0.416 e. The number of hydrogen-bond acceptors (Lipinski definition) is 2. The Labute approximate surface area is 173 Å². The van der Waals surface area contributed by atoms with Gasteiger partial charge in [-0.15, -0.1) is 0 Å². The molecule has 2 aromatic rings. The van der Waals surface area contributed by atoms with Gasteiger partial charge < -0.3 is 5.32 Å². The predicted octanol–water partition coefficient (Wildman–Crippen LogP) is 5.56. The number of carbonyl (C=O) groups is 1. The smallest absolute Gasteiger partial charge is 0.355 e. The Balaban J connectivity index is 0.00000132. The summed E-state index contributed by atoms with van der Waals surface area (Å²) in [6.45, 7) is 6.74. The maximum Gasteiger partial charge on any atom is 0.416 e. The third-order valence-electron chi connectivity index (χ3n) is 3.67. The molecular weight excluding hydrogens is 399 g/mol. The Morgan fingerprint density at radius 1 is 1.00 bits per heavy atom. The molecule has 7 heteroatoms. The molecule has 0 fully saturated rings. The third-order valence-corrected chi connectivity index (χ3v) is 4.91. The van der Waals surface area contributed by atoms with Crippen molar-refractivity contribution < 1.29 is 22.2 Å². The van der Waals surface area contributed by atoms with Crippen LogP contribution in [-0.2, 0) is 27.5 Å². The van der Waals surface area contributed by atoms with Crippen molar-refractivity contribution in [3.63, 3.8) is 0 Å². The molecule has 1 N–H and O–H groups in total. The van der Waals surface area contributed by atoms with E-state index in [2.05, 4.69) is 19.2 Å². The second kappa shape index (κ2) is 12.4. The summed E-state index contributed by atoms with van der Waals surface area (Å²) in [4.78, 5) is 11.6. The summed E-state index contributed by atoms with van der Waals surface area (Å²) in [7, 11) is -1.33. The lowest BCUT2D eigenvalue weighted by Crippen LogP contribution is -2.29. The van der Waals surface area contributed by atoms with Gasteiger partial charge in [0.2, 0.25) is 5.91 Å². The summed E-state index contributed by atoms with van der Waals surface area (Å²) in [6, 6.07) is 11.9. The fourth-order valence-electron chi connectivity index (χ4n) is 2.37. The quantitative estimate of drug-likeness (QED) is 0.628. The standard InChI is InChI=1S/C19H20F3NO2S.C3H8/c1-2-10-23-18(24)13-26(25)12-14-6-8-15(9-7-14)16-4-3-5-17(11-16)19(20,21)22;1-3-2/h3-9,11H,2,10,12-13H2,1H3,(H,23,24);3H2,1-2H3. The summed E-state index contributed by atoms with van der Waals surface area (Å²) < 4.78 is 50.4. The topological polar surface area (TPSA) is 46.2 Å². The molecule has 0 aliphatic heterocycles. The van der Waals surface area contributed by atoms with E-state index in [4.69, 9.17) is 0 Å². The van der Waals surface area contributed by atoms with Gasteiger partial charge in [-0.1, -0.05) is 63.6 Å². The Morgan fingerprint density at radius 3 is 2.17 bits per heavy atom. The first-order valence-electron chi connectivity index (χ1n) is 9.59. The Morgan fingerprint density at radius 2 is 1.62 bits per heavy atom. The number of hydrogen-bond donors (Lipinski definition) is 1. The van der Waals surface area contributed by atoms with E-state index in [-0.39, 0.29) is 17.4 Å². The van der Waals surface area contributed by atoms with E-state index in [1.807, 2.05) is 6.92 Å². The van der Waals surface area contributed by atoms with Gasteiger partial charge in [0.1, 0.15) is 5.75 Å². The highest BCUT2D eigenvalue weighted by Gasteiger charge is 2.30. The third kappa shape index (κ3) is 9.26. The van der Waals surface area contributed by atoms with Gasteiger partial charge >= 0.3 is 6.18 Å². The molecule has 0 saturated carbocycles. The maximum atomic E-state index is 12.8. The highest BCUT2D eigenvalue weighted by atomic mass is 32.2. The number of amides is 1. The van der Waals surface area contributed by atoms with E-state index in [1.54, 1.807) is 30.3 Å². The molecule has 0 aromatic heterocycles. The summed E-state index contributed by atoms with van der Waals surface area (Å²) in [5.74, 6) is -0.0802. The second-order valence-electron chi connectivity index (χ2n) is 6.56.